The van der Waals surface area contributed by atoms with Gasteiger partial charge in [0, 0.05) is 37.6 Å². The number of carbonyl (C=O) groups is 1. The molecule has 0 saturated heterocycles. The Morgan fingerprint density at radius 1 is 1.30 bits per heavy atom. The van der Waals surface area contributed by atoms with Gasteiger partial charge in [-0.25, -0.2) is 0 Å². The fourth-order valence-corrected chi connectivity index (χ4v) is 2.77. The molecular weight excluding hydrogens is 286 g/mol. The van der Waals surface area contributed by atoms with Gasteiger partial charge in [0.25, 0.3) is 0 Å². The first kappa shape index (κ1) is 15.3. The van der Waals surface area contributed by atoms with Crippen molar-refractivity contribution in [3.63, 3.8) is 0 Å². The Labute approximate surface area is 136 Å². The highest BCUT2D eigenvalue weighted by Gasteiger charge is 2.10. The number of nitrogens with zero attached hydrogens (tertiary/aromatic N) is 2. The standard InChI is InChI=1S/C19H21N3O/c1-14(17-4-3-10-20-13-17)21-19(23)8-6-15-5-7-18-16(12-15)9-11-22(18)2/h3-5,7,9-14H,6,8H2,1-2H3,(H,21,23)/t14-/m1/s1. The summed E-state index contributed by atoms with van der Waals surface area (Å²) >= 11 is 0. The molecule has 0 aliphatic rings. The molecule has 3 rings (SSSR count). The van der Waals surface area contributed by atoms with Gasteiger partial charge >= 0.3 is 0 Å². The third-order valence-corrected chi connectivity index (χ3v) is 4.15. The van der Waals surface area contributed by atoms with Crippen LogP contribution >= 0.6 is 0 Å². The van der Waals surface area contributed by atoms with Crippen molar-refractivity contribution < 1.29 is 4.79 Å². The molecule has 0 saturated carbocycles. The zero-order chi connectivity index (χ0) is 16.2. The number of hydrogen-bond donors (Lipinski definition) is 1. The van der Waals surface area contributed by atoms with Crippen LogP contribution in [-0.4, -0.2) is 15.5 Å². The minimum absolute atomic E-state index is 0.0206. The van der Waals surface area contributed by atoms with Gasteiger partial charge in [0.2, 0.25) is 5.91 Å². The summed E-state index contributed by atoms with van der Waals surface area (Å²) < 4.78 is 2.10. The second kappa shape index (κ2) is 6.65. The largest absolute Gasteiger partial charge is 0.351 e. The van der Waals surface area contributed by atoms with Crippen molar-refractivity contribution in [2.24, 2.45) is 7.05 Å². The number of fused-ring (bicyclic) bond motifs is 1. The topological polar surface area (TPSA) is 46.9 Å². The van der Waals surface area contributed by atoms with Crippen LogP contribution in [0.1, 0.15) is 30.5 Å². The van der Waals surface area contributed by atoms with Gasteiger partial charge in [0.05, 0.1) is 6.04 Å². The second-order valence-corrected chi connectivity index (χ2v) is 5.90. The summed E-state index contributed by atoms with van der Waals surface area (Å²) in [6.45, 7) is 1.98. The molecule has 2 heterocycles. The molecule has 4 heteroatoms. The van der Waals surface area contributed by atoms with Crippen molar-refractivity contribution in [1.29, 1.82) is 0 Å². The summed E-state index contributed by atoms with van der Waals surface area (Å²) in [6.07, 6.45) is 6.81. The van der Waals surface area contributed by atoms with Crippen molar-refractivity contribution in [2.75, 3.05) is 0 Å². The summed E-state index contributed by atoms with van der Waals surface area (Å²) in [6, 6.07) is 12.3. The van der Waals surface area contributed by atoms with Gasteiger partial charge in [-0.3, -0.25) is 9.78 Å². The van der Waals surface area contributed by atoms with Gasteiger partial charge < -0.3 is 9.88 Å². The number of benzene rings is 1. The lowest BCUT2D eigenvalue weighted by molar-refractivity contribution is -0.121. The molecule has 0 unspecified atom stereocenters. The lowest BCUT2D eigenvalue weighted by Crippen LogP contribution is -2.26. The predicted octanol–water partition coefficient (Wildman–Crippen LogP) is 3.38. The first-order valence-electron chi connectivity index (χ1n) is 7.87. The molecule has 0 radical (unpaired) electrons. The number of rotatable bonds is 5. The first-order valence-corrected chi connectivity index (χ1v) is 7.87. The Kier molecular flexibility index (Phi) is 4.42. The molecule has 1 amide bonds. The Morgan fingerprint density at radius 3 is 2.96 bits per heavy atom. The fourth-order valence-electron chi connectivity index (χ4n) is 2.77. The van der Waals surface area contributed by atoms with Crippen molar-refractivity contribution >= 4 is 16.8 Å². The highest BCUT2D eigenvalue weighted by Crippen LogP contribution is 2.18. The molecule has 0 aliphatic heterocycles. The lowest BCUT2D eigenvalue weighted by atomic mass is 10.1. The van der Waals surface area contributed by atoms with E-state index >= 15 is 0 Å². The van der Waals surface area contributed by atoms with Gasteiger partial charge in [-0.15, -0.1) is 0 Å². The van der Waals surface area contributed by atoms with Crippen LogP contribution in [0.2, 0.25) is 0 Å². The third-order valence-electron chi connectivity index (χ3n) is 4.15. The first-order chi connectivity index (χ1) is 11.1. The summed E-state index contributed by atoms with van der Waals surface area (Å²) in [5, 5.41) is 4.24. The molecule has 0 spiro atoms. The maximum atomic E-state index is 12.1. The van der Waals surface area contributed by atoms with E-state index in [1.807, 2.05) is 26.1 Å². The van der Waals surface area contributed by atoms with Gasteiger partial charge in [0.15, 0.2) is 0 Å². The number of amides is 1. The van der Waals surface area contributed by atoms with Crippen LogP contribution in [0.4, 0.5) is 0 Å². The van der Waals surface area contributed by atoms with Crippen LogP contribution < -0.4 is 5.32 Å². The number of aryl methyl sites for hydroxylation is 2. The van der Waals surface area contributed by atoms with Crippen LogP contribution in [0, 0.1) is 0 Å². The van der Waals surface area contributed by atoms with Crippen LogP contribution in [0.25, 0.3) is 10.9 Å². The minimum Gasteiger partial charge on any atom is -0.351 e. The molecule has 1 atom stereocenters. The minimum atomic E-state index is -0.0206. The molecular formula is C19H21N3O. The van der Waals surface area contributed by atoms with Gasteiger partial charge in [-0.05, 0) is 54.1 Å². The average Bonchev–Trinajstić information content (AvgIpc) is 2.94. The number of aromatic nitrogens is 2. The maximum absolute atomic E-state index is 12.1. The molecule has 1 N–H and O–H groups in total. The quantitative estimate of drug-likeness (QED) is 0.785. The molecule has 2 aromatic heterocycles. The van der Waals surface area contributed by atoms with Crippen LogP contribution in [0.15, 0.2) is 55.0 Å². The number of hydrogen-bond acceptors (Lipinski definition) is 2. The van der Waals surface area contributed by atoms with E-state index < -0.39 is 0 Å². The number of pyridine rings is 1. The Morgan fingerprint density at radius 2 is 2.17 bits per heavy atom. The summed E-state index contributed by atoms with van der Waals surface area (Å²) in [7, 11) is 2.04. The normalized spacial score (nSPS) is 12.3. The Balaban J connectivity index is 1.57. The van der Waals surface area contributed by atoms with E-state index in [0.29, 0.717) is 6.42 Å². The molecule has 0 bridgehead atoms. The second-order valence-electron chi connectivity index (χ2n) is 5.90. The number of nitrogens with one attached hydrogen (secondary N) is 1. The molecule has 1 aromatic carbocycles. The third kappa shape index (κ3) is 3.59. The van der Waals surface area contributed by atoms with Crippen molar-refractivity contribution in [3.8, 4) is 0 Å². The summed E-state index contributed by atoms with van der Waals surface area (Å²) in [5.74, 6) is 0.0644. The highest BCUT2D eigenvalue weighted by molar-refractivity contribution is 5.81. The van der Waals surface area contributed by atoms with Crippen LogP contribution in [0.3, 0.4) is 0 Å². The van der Waals surface area contributed by atoms with E-state index in [0.717, 1.165) is 12.0 Å². The Bertz CT molecular complexity index is 808. The summed E-state index contributed by atoms with van der Waals surface area (Å²) in [5.41, 5.74) is 3.42. The predicted molar refractivity (Wildman–Crippen MR) is 92.0 cm³/mol. The zero-order valence-electron chi connectivity index (χ0n) is 13.5. The monoisotopic (exact) mass is 307 g/mol. The molecule has 0 fully saturated rings. The van der Waals surface area contributed by atoms with Gasteiger partial charge in [-0.1, -0.05) is 12.1 Å². The SMILES string of the molecule is C[C@@H](NC(=O)CCc1ccc2c(ccn2C)c1)c1cccnc1. The van der Waals surface area contributed by atoms with Crippen LogP contribution in [0.5, 0.6) is 0 Å². The van der Waals surface area contributed by atoms with E-state index in [4.69, 9.17) is 0 Å². The average molecular weight is 307 g/mol. The Hall–Kier alpha value is -2.62. The van der Waals surface area contributed by atoms with Crippen molar-refractivity contribution in [1.82, 2.24) is 14.9 Å². The van der Waals surface area contributed by atoms with E-state index in [9.17, 15) is 4.79 Å². The summed E-state index contributed by atoms with van der Waals surface area (Å²) in [4.78, 5) is 16.2. The van der Waals surface area contributed by atoms with Gasteiger partial charge in [0.1, 0.15) is 0 Å². The molecule has 118 valence electrons. The smallest absolute Gasteiger partial charge is 0.220 e. The number of carbonyl (C=O) groups excluding carboxylic acids is 1. The van der Waals surface area contributed by atoms with E-state index in [1.165, 1.54) is 16.5 Å². The van der Waals surface area contributed by atoms with Crippen LogP contribution in [-0.2, 0) is 18.3 Å². The van der Waals surface area contributed by atoms with E-state index in [-0.39, 0.29) is 11.9 Å². The molecule has 3 aromatic rings. The lowest BCUT2D eigenvalue weighted by Gasteiger charge is -2.13. The van der Waals surface area contributed by atoms with E-state index in [1.54, 1.807) is 12.4 Å². The molecule has 23 heavy (non-hydrogen) atoms. The van der Waals surface area contributed by atoms with Crippen molar-refractivity contribution in [3.05, 3.63) is 66.1 Å². The fraction of sp³-hybridized carbons (Fsp3) is 0.263. The van der Waals surface area contributed by atoms with E-state index in [2.05, 4.69) is 45.3 Å². The van der Waals surface area contributed by atoms with Gasteiger partial charge in [-0.2, -0.15) is 0 Å². The van der Waals surface area contributed by atoms with Crippen molar-refractivity contribution in [2.45, 2.75) is 25.8 Å². The molecule has 4 nitrogen and oxygen atoms in total. The zero-order valence-corrected chi connectivity index (χ0v) is 13.5. The molecule has 0 aliphatic carbocycles. The highest BCUT2D eigenvalue weighted by atomic mass is 16.1. The maximum Gasteiger partial charge on any atom is 0.220 e.